The fourth-order valence-electron chi connectivity index (χ4n) is 3.32. The van der Waals surface area contributed by atoms with Crippen LogP contribution >= 0.6 is 0 Å². The number of aromatic nitrogens is 1. The molecule has 2 aromatic rings. The van der Waals surface area contributed by atoms with E-state index in [1.165, 1.54) is 12.1 Å². The van der Waals surface area contributed by atoms with Gasteiger partial charge in [0.2, 0.25) is 5.91 Å². The highest BCUT2D eigenvalue weighted by Gasteiger charge is 2.19. The normalized spacial score (nSPS) is 16.9. The Morgan fingerprint density at radius 1 is 1.36 bits per heavy atom. The summed E-state index contributed by atoms with van der Waals surface area (Å²) in [5, 5.41) is 0.830. The van der Waals surface area contributed by atoms with Crippen molar-refractivity contribution >= 4 is 16.8 Å². The summed E-state index contributed by atoms with van der Waals surface area (Å²) in [5.41, 5.74) is 1.80. The molecule has 0 spiro atoms. The van der Waals surface area contributed by atoms with Gasteiger partial charge >= 0.3 is 0 Å². The molecular formula is C19H26FN3O2. The summed E-state index contributed by atoms with van der Waals surface area (Å²) in [4.78, 5) is 19.8. The van der Waals surface area contributed by atoms with Crippen LogP contribution in [0.3, 0.4) is 0 Å². The second kappa shape index (κ2) is 7.97. The molecule has 1 fully saturated rings. The maximum atomic E-state index is 13.3. The molecule has 1 amide bonds. The molecule has 0 saturated carbocycles. The molecule has 1 aliphatic heterocycles. The van der Waals surface area contributed by atoms with E-state index < -0.39 is 0 Å². The van der Waals surface area contributed by atoms with Crippen LogP contribution in [0.1, 0.15) is 25.5 Å². The van der Waals surface area contributed by atoms with Crippen molar-refractivity contribution in [2.75, 3.05) is 33.4 Å². The van der Waals surface area contributed by atoms with Crippen LogP contribution in [0, 0.1) is 5.82 Å². The fraction of sp³-hybridized carbons (Fsp3) is 0.526. The summed E-state index contributed by atoms with van der Waals surface area (Å²) in [6, 6.07) is 6.95. The second-order valence-corrected chi connectivity index (χ2v) is 6.81. The minimum Gasteiger partial charge on any atom is -0.379 e. The summed E-state index contributed by atoms with van der Waals surface area (Å²) in [6.07, 6.45) is 1.38. The molecule has 1 unspecified atom stereocenters. The first-order chi connectivity index (χ1) is 12.0. The monoisotopic (exact) mass is 347 g/mol. The molecule has 1 aromatic heterocycles. The standard InChI is InChI=1S/C19H26FN3O2/c1-14(23-7-9-25-10-8-23)3-6-19(24)22(2)13-17-12-15-11-16(20)4-5-18(15)21-17/h4-5,11-12,14,21H,3,6-10,13H2,1-2H3. The Morgan fingerprint density at radius 2 is 2.12 bits per heavy atom. The molecular weight excluding hydrogens is 321 g/mol. The lowest BCUT2D eigenvalue weighted by Crippen LogP contribution is -2.42. The van der Waals surface area contributed by atoms with Crippen LogP contribution in [0.5, 0.6) is 0 Å². The highest BCUT2D eigenvalue weighted by atomic mass is 19.1. The first kappa shape index (κ1) is 17.9. The van der Waals surface area contributed by atoms with Crippen LogP contribution in [-0.2, 0) is 16.1 Å². The van der Waals surface area contributed by atoms with E-state index in [1.54, 1.807) is 11.0 Å². The topological polar surface area (TPSA) is 48.6 Å². The minimum atomic E-state index is -0.250. The van der Waals surface area contributed by atoms with Crippen LogP contribution in [0.4, 0.5) is 4.39 Å². The molecule has 25 heavy (non-hydrogen) atoms. The second-order valence-electron chi connectivity index (χ2n) is 6.81. The van der Waals surface area contributed by atoms with Gasteiger partial charge in [-0.05, 0) is 37.6 Å². The number of ether oxygens (including phenoxy) is 1. The van der Waals surface area contributed by atoms with Crippen molar-refractivity contribution in [3.63, 3.8) is 0 Å². The zero-order valence-electron chi connectivity index (χ0n) is 14.9. The van der Waals surface area contributed by atoms with Gasteiger partial charge in [0.15, 0.2) is 0 Å². The maximum Gasteiger partial charge on any atom is 0.222 e. The summed E-state index contributed by atoms with van der Waals surface area (Å²) >= 11 is 0. The van der Waals surface area contributed by atoms with Gasteiger partial charge in [0.05, 0.1) is 19.8 Å². The first-order valence-corrected chi connectivity index (χ1v) is 8.86. The van der Waals surface area contributed by atoms with Crippen molar-refractivity contribution < 1.29 is 13.9 Å². The van der Waals surface area contributed by atoms with E-state index in [2.05, 4.69) is 16.8 Å². The SMILES string of the molecule is CC(CCC(=O)N(C)Cc1cc2cc(F)ccc2[nH]1)N1CCOCC1. The predicted octanol–water partition coefficient (Wildman–Crippen LogP) is 2.77. The third kappa shape index (κ3) is 4.58. The molecule has 5 nitrogen and oxygen atoms in total. The summed E-state index contributed by atoms with van der Waals surface area (Å²) < 4.78 is 18.6. The van der Waals surface area contributed by atoms with Crippen molar-refractivity contribution in [2.24, 2.45) is 0 Å². The van der Waals surface area contributed by atoms with E-state index in [-0.39, 0.29) is 11.7 Å². The van der Waals surface area contributed by atoms with Gasteiger partial charge in [-0.25, -0.2) is 4.39 Å². The molecule has 1 saturated heterocycles. The Hall–Kier alpha value is -1.92. The molecule has 136 valence electrons. The first-order valence-electron chi connectivity index (χ1n) is 8.86. The van der Waals surface area contributed by atoms with E-state index in [0.29, 0.717) is 19.0 Å². The average molecular weight is 347 g/mol. The third-order valence-corrected chi connectivity index (χ3v) is 4.92. The number of aromatic amines is 1. The third-order valence-electron chi connectivity index (χ3n) is 4.92. The van der Waals surface area contributed by atoms with Gasteiger partial charge in [0, 0.05) is 49.2 Å². The molecule has 1 aromatic carbocycles. The van der Waals surface area contributed by atoms with Crippen molar-refractivity contribution in [3.8, 4) is 0 Å². The lowest BCUT2D eigenvalue weighted by atomic mass is 10.1. The molecule has 1 atom stereocenters. The number of morpholine rings is 1. The van der Waals surface area contributed by atoms with E-state index in [4.69, 9.17) is 4.74 Å². The lowest BCUT2D eigenvalue weighted by molar-refractivity contribution is -0.130. The number of rotatable bonds is 6. The number of hydrogen-bond donors (Lipinski definition) is 1. The molecule has 6 heteroatoms. The number of carbonyl (C=O) groups is 1. The van der Waals surface area contributed by atoms with Crippen molar-refractivity contribution in [1.82, 2.24) is 14.8 Å². The zero-order chi connectivity index (χ0) is 17.8. The summed E-state index contributed by atoms with van der Waals surface area (Å²) in [5.74, 6) is -0.121. The van der Waals surface area contributed by atoms with Crippen molar-refractivity contribution in [1.29, 1.82) is 0 Å². The van der Waals surface area contributed by atoms with E-state index in [9.17, 15) is 9.18 Å². The van der Waals surface area contributed by atoms with Crippen molar-refractivity contribution in [2.45, 2.75) is 32.4 Å². The number of halogens is 1. The number of H-pyrrole nitrogens is 1. The van der Waals surface area contributed by atoms with Gasteiger partial charge in [0.25, 0.3) is 0 Å². The number of hydrogen-bond acceptors (Lipinski definition) is 3. The Labute approximate surface area is 147 Å². The molecule has 3 rings (SSSR count). The summed E-state index contributed by atoms with van der Waals surface area (Å²) in [6.45, 7) is 6.11. The van der Waals surface area contributed by atoms with E-state index >= 15 is 0 Å². The molecule has 0 radical (unpaired) electrons. The fourth-order valence-corrected chi connectivity index (χ4v) is 3.32. The van der Waals surface area contributed by atoms with Gasteiger partial charge in [-0.2, -0.15) is 0 Å². The average Bonchev–Trinajstić information content (AvgIpc) is 3.01. The molecule has 1 aliphatic rings. The van der Waals surface area contributed by atoms with Crippen LogP contribution < -0.4 is 0 Å². The smallest absolute Gasteiger partial charge is 0.222 e. The summed E-state index contributed by atoms with van der Waals surface area (Å²) in [7, 11) is 1.81. The quantitative estimate of drug-likeness (QED) is 0.874. The number of carbonyl (C=O) groups excluding carboxylic acids is 1. The van der Waals surface area contributed by atoms with Gasteiger partial charge in [-0.1, -0.05) is 0 Å². The number of nitrogens with one attached hydrogen (secondary N) is 1. The molecule has 0 aliphatic carbocycles. The maximum absolute atomic E-state index is 13.3. The van der Waals surface area contributed by atoms with Gasteiger partial charge in [-0.15, -0.1) is 0 Å². The number of fused-ring (bicyclic) bond motifs is 1. The van der Waals surface area contributed by atoms with Crippen LogP contribution in [-0.4, -0.2) is 60.1 Å². The number of nitrogens with zero attached hydrogens (tertiary/aromatic N) is 2. The van der Waals surface area contributed by atoms with Crippen LogP contribution in [0.25, 0.3) is 10.9 Å². The molecule has 1 N–H and O–H groups in total. The minimum absolute atomic E-state index is 0.130. The Morgan fingerprint density at radius 3 is 2.88 bits per heavy atom. The number of amides is 1. The van der Waals surface area contributed by atoms with Crippen molar-refractivity contribution in [3.05, 3.63) is 35.8 Å². The van der Waals surface area contributed by atoms with Gasteiger partial charge in [-0.3, -0.25) is 9.69 Å². The van der Waals surface area contributed by atoms with Crippen LogP contribution in [0.15, 0.2) is 24.3 Å². The molecule has 0 bridgehead atoms. The lowest BCUT2D eigenvalue weighted by Gasteiger charge is -2.32. The van der Waals surface area contributed by atoms with Gasteiger partial charge < -0.3 is 14.6 Å². The number of benzene rings is 1. The Kier molecular flexibility index (Phi) is 5.71. The van der Waals surface area contributed by atoms with Crippen LogP contribution in [0.2, 0.25) is 0 Å². The predicted molar refractivity (Wildman–Crippen MR) is 95.8 cm³/mol. The largest absolute Gasteiger partial charge is 0.379 e. The highest BCUT2D eigenvalue weighted by molar-refractivity contribution is 5.81. The Bertz CT molecular complexity index is 725. The Balaban J connectivity index is 1.51. The van der Waals surface area contributed by atoms with Gasteiger partial charge in [0.1, 0.15) is 5.82 Å². The van der Waals surface area contributed by atoms with E-state index in [1.807, 2.05) is 13.1 Å². The zero-order valence-corrected chi connectivity index (χ0v) is 14.9. The van der Waals surface area contributed by atoms with E-state index in [0.717, 1.165) is 49.3 Å². The highest BCUT2D eigenvalue weighted by Crippen LogP contribution is 2.18. The molecule has 2 heterocycles.